The lowest BCUT2D eigenvalue weighted by Crippen LogP contribution is -2.28. The number of rotatable bonds is 5. The van der Waals surface area contributed by atoms with Crippen LogP contribution in [0, 0.1) is 0 Å². The van der Waals surface area contributed by atoms with Crippen molar-refractivity contribution in [1.82, 2.24) is 14.9 Å². The third-order valence-electron chi connectivity index (χ3n) is 7.04. The smallest absolute Gasteiger partial charge is 0.316 e. The predicted molar refractivity (Wildman–Crippen MR) is 143 cm³/mol. The zero-order valence-electron chi connectivity index (χ0n) is 19.6. The van der Waals surface area contributed by atoms with E-state index in [1.54, 1.807) is 0 Å². The maximum Gasteiger partial charge on any atom is 0.316 e. The van der Waals surface area contributed by atoms with Crippen molar-refractivity contribution >= 4 is 33.4 Å². The summed E-state index contributed by atoms with van der Waals surface area (Å²) in [6.45, 7) is 3.44. The van der Waals surface area contributed by atoms with Crippen LogP contribution in [0.5, 0.6) is 0 Å². The van der Waals surface area contributed by atoms with Gasteiger partial charge in [-0.2, -0.15) is 0 Å². The van der Waals surface area contributed by atoms with Crippen LogP contribution in [0.4, 0.5) is 10.5 Å². The van der Waals surface area contributed by atoms with Crippen molar-refractivity contribution in [2.45, 2.75) is 25.8 Å². The number of likely N-dealkylation sites (tertiary alicyclic amines) is 1. The molecule has 2 amide bonds. The Morgan fingerprint density at radius 2 is 1.63 bits per heavy atom. The van der Waals surface area contributed by atoms with Gasteiger partial charge in [0.15, 0.2) is 0 Å². The summed E-state index contributed by atoms with van der Waals surface area (Å²) in [4.78, 5) is 20.6. The number of piperidine rings is 1. The van der Waals surface area contributed by atoms with E-state index in [0.717, 1.165) is 34.3 Å². The van der Waals surface area contributed by atoms with E-state index in [0.29, 0.717) is 5.69 Å². The van der Waals surface area contributed by atoms with E-state index < -0.39 is 6.03 Å². The molecule has 6 nitrogen and oxygen atoms in total. The Morgan fingerprint density at radius 3 is 2.40 bits per heavy atom. The molecule has 0 radical (unpaired) electrons. The van der Waals surface area contributed by atoms with Crippen molar-refractivity contribution in [2.24, 2.45) is 5.73 Å². The Kier molecular flexibility index (Phi) is 5.51. The number of nitrogens with two attached hydrogens (primary N) is 1. The first-order valence-corrected chi connectivity index (χ1v) is 12.2. The molecule has 1 saturated heterocycles. The third-order valence-corrected chi connectivity index (χ3v) is 7.04. The molecule has 176 valence electrons. The first-order chi connectivity index (χ1) is 17.1. The average Bonchev–Trinajstić information content (AvgIpc) is 3.52. The molecule has 1 aliphatic heterocycles. The van der Waals surface area contributed by atoms with Crippen molar-refractivity contribution in [2.75, 3.05) is 18.4 Å². The van der Waals surface area contributed by atoms with Gasteiger partial charge in [0.05, 0.1) is 0 Å². The van der Waals surface area contributed by atoms with Gasteiger partial charge >= 0.3 is 6.03 Å². The Balaban J connectivity index is 1.32. The van der Waals surface area contributed by atoms with Crippen molar-refractivity contribution in [3.8, 4) is 22.4 Å². The minimum Gasteiger partial charge on any atom is -0.366 e. The van der Waals surface area contributed by atoms with Gasteiger partial charge < -0.3 is 21.0 Å². The van der Waals surface area contributed by atoms with Gasteiger partial charge in [-0.15, -0.1) is 0 Å². The summed E-state index contributed by atoms with van der Waals surface area (Å²) < 4.78 is 0. The molecule has 35 heavy (non-hydrogen) atoms. The lowest BCUT2D eigenvalue weighted by Gasteiger charge is -2.26. The molecule has 0 spiro atoms. The number of urea groups is 1. The second-order valence-corrected chi connectivity index (χ2v) is 9.45. The fourth-order valence-electron chi connectivity index (χ4n) is 5.32. The van der Waals surface area contributed by atoms with Gasteiger partial charge in [0.1, 0.15) is 0 Å². The van der Waals surface area contributed by atoms with Gasteiger partial charge in [-0.05, 0) is 73.0 Å². The highest BCUT2D eigenvalue weighted by atomic mass is 16.2. The van der Waals surface area contributed by atoms with E-state index in [2.05, 4.69) is 62.8 Å². The van der Waals surface area contributed by atoms with E-state index in [9.17, 15) is 4.79 Å². The van der Waals surface area contributed by atoms with Gasteiger partial charge in [0.25, 0.3) is 0 Å². The normalized spacial score (nSPS) is 14.5. The maximum absolute atomic E-state index is 11.1. The molecule has 6 rings (SSSR count). The number of aromatic amines is 2. The SMILES string of the molecule is NC(=O)Nc1ccc(-c2ccc(-c3cc4cc(CN5CCCCC5)ccc4[nH]3)c3c[nH]cc23)cc1. The van der Waals surface area contributed by atoms with Gasteiger partial charge in [-0.25, -0.2) is 4.79 Å². The van der Waals surface area contributed by atoms with Crippen LogP contribution >= 0.6 is 0 Å². The number of benzene rings is 3. The number of hydrogen-bond acceptors (Lipinski definition) is 2. The summed E-state index contributed by atoms with van der Waals surface area (Å²) in [5, 5.41) is 6.18. The number of nitrogens with one attached hydrogen (secondary N) is 3. The molecule has 0 atom stereocenters. The first-order valence-electron chi connectivity index (χ1n) is 12.2. The van der Waals surface area contributed by atoms with Crippen LogP contribution in [0.25, 0.3) is 44.1 Å². The highest BCUT2D eigenvalue weighted by molar-refractivity contribution is 6.05. The zero-order valence-corrected chi connectivity index (χ0v) is 19.6. The predicted octanol–water partition coefficient (Wildman–Crippen LogP) is 6.46. The van der Waals surface area contributed by atoms with Crippen LogP contribution in [0.15, 0.2) is 73.1 Å². The monoisotopic (exact) mass is 463 g/mol. The topological polar surface area (TPSA) is 89.9 Å². The fourth-order valence-corrected chi connectivity index (χ4v) is 5.32. The number of anilines is 1. The number of amides is 2. The molecule has 2 aromatic heterocycles. The zero-order chi connectivity index (χ0) is 23.8. The molecule has 6 heteroatoms. The lowest BCUT2D eigenvalue weighted by molar-refractivity contribution is 0.221. The van der Waals surface area contributed by atoms with Crippen molar-refractivity contribution < 1.29 is 4.79 Å². The largest absolute Gasteiger partial charge is 0.366 e. The molecule has 1 fully saturated rings. The average molecular weight is 464 g/mol. The Morgan fingerprint density at radius 1 is 0.886 bits per heavy atom. The number of hydrogen-bond donors (Lipinski definition) is 4. The Labute approximate surface area is 204 Å². The summed E-state index contributed by atoms with van der Waals surface area (Å²) in [6.07, 6.45) is 8.09. The molecular formula is C29H29N5O. The molecule has 1 aliphatic rings. The summed E-state index contributed by atoms with van der Waals surface area (Å²) >= 11 is 0. The first kappa shape index (κ1) is 21.5. The lowest BCUT2D eigenvalue weighted by atomic mass is 9.96. The van der Waals surface area contributed by atoms with Gasteiger partial charge in [0.2, 0.25) is 0 Å². The van der Waals surface area contributed by atoms with E-state index in [1.807, 2.05) is 30.5 Å². The van der Waals surface area contributed by atoms with Crippen LogP contribution in [-0.4, -0.2) is 34.0 Å². The minimum absolute atomic E-state index is 0.563. The van der Waals surface area contributed by atoms with Gasteiger partial charge in [-0.3, -0.25) is 4.90 Å². The molecule has 0 saturated carbocycles. The Bertz CT molecular complexity index is 1510. The number of carbonyl (C=O) groups is 1. The fraction of sp³-hybridized carbons (Fsp3) is 0.207. The number of aromatic nitrogens is 2. The van der Waals surface area contributed by atoms with Crippen LogP contribution in [0.2, 0.25) is 0 Å². The molecule has 5 aromatic rings. The molecule has 0 aliphatic carbocycles. The summed E-state index contributed by atoms with van der Waals surface area (Å²) in [5.41, 5.74) is 12.9. The molecule has 3 aromatic carbocycles. The summed E-state index contributed by atoms with van der Waals surface area (Å²) in [5.74, 6) is 0. The highest BCUT2D eigenvalue weighted by Gasteiger charge is 2.14. The highest BCUT2D eigenvalue weighted by Crippen LogP contribution is 2.36. The van der Waals surface area contributed by atoms with Gasteiger partial charge in [-0.1, -0.05) is 36.8 Å². The van der Waals surface area contributed by atoms with Crippen LogP contribution in [0.3, 0.4) is 0 Å². The van der Waals surface area contributed by atoms with E-state index in [1.165, 1.54) is 54.3 Å². The standard InChI is InChI=1S/C29H29N5O/c30-29(35)32-22-7-5-20(6-8-22)23-9-10-24(26-17-31-16-25(23)26)28-15-21-14-19(4-11-27(21)33-28)18-34-12-2-1-3-13-34/h4-11,14-17,31,33H,1-3,12-13,18H2,(H3,30,32,35). The van der Waals surface area contributed by atoms with Gasteiger partial charge in [0, 0.05) is 57.6 Å². The summed E-state index contributed by atoms with van der Waals surface area (Å²) in [6, 6.07) is 20.6. The van der Waals surface area contributed by atoms with Crippen molar-refractivity contribution in [1.29, 1.82) is 0 Å². The van der Waals surface area contributed by atoms with E-state index in [-0.39, 0.29) is 0 Å². The molecule has 3 heterocycles. The van der Waals surface area contributed by atoms with Crippen molar-refractivity contribution in [3.05, 3.63) is 78.6 Å². The second kappa shape index (κ2) is 8.96. The van der Waals surface area contributed by atoms with Crippen molar-refractivity contribution in [3.63, 3.8) is 0 Å². The number of fused-ring (bicyclic) bond motifs is 2. The van der Waals surface area contributed by atoms with Crippen LogP contribution < -0.4 is 11.1 Å². The van der Waals surface area contributed by atoms with E-state index >= 15 is 0 Å². The second-order valence-electron chi connectivity index (χ2n) is 9.45. The Hall–Kier alpha value is -4.03. The van der Waals surface area contributed by atoms with Crippen LogP contribution in [-0.2, 0) is 6.54 Å². The third kappa shape index (κ3) is 4.29. The molecular weight excluding hydrogens is 434 g/mol. The summed E-state index contributed by atoms with van der Waals surface area (Å²) in [7, 11) is 0. The van der Waals surface area contributed by atoms with Crippen LogP contribution in [0.1, 0.15) is 24.8 Å². The number of carbonyl (C=O) groups excluding carboxylic acids is 1. The number of nitrogens with zero attached hydrogens (tertiary/aromatic N) is 1. The number of primary amides is 1. The minimum atomic E-state index is -0.563. The number of H-pyrrole nitrogens is 2. The molecule has 0 bridgehead atoms. The quantitative estimate of drug-likeness (QED) is 0.241. The molecule has 0 unspecified atom stereocenters. The molecule has 5 N–H and O–H groups in total. The van der Waals surface area contributed by atoms with E-state index in [4.69, 9.17) is 5.73 Å². The maximum atomic E-state index is 11.1.